The molecule has 0 atom stereocenters. The SMILES string of the molecule is CCOC(=O)C(C(=O)OCC)=C1CCN(C(=O)OC(C)(C)C)CC1. The monoisotopic (exact) mass is 341 g/mol. The number of esters is 2. The minimum absolute atomic E-state index is 0.0393. The van der Waals surface area contributed by atoms with Crippen LogP contribution in [0.2, 0.25) is 0 Å². The zero-order chi connectivity index (χ0) is 18.3. The van der Waals surface area contributed by atoms with Crippen molar-refractivity contribution in [1.82, 2.24) is 4.90 Å². The van der Waals surface area contributed by atoms with Crippen molar-refractivity contribution in [2.45, 2.75) is 53.1 Å². The molecule has 7 nitrogen and oxygen atoms in total. The predicted molar refractivity (Wildman–Crippen MR) is 87.3 cm³/mol. The second-order valence-electron chi connectivity index (χ2n) is 6.39. The molecule has 1 amide bonds. The maximum Gasteiger partial charge on any atom is 0.410 e. The van der Waals surface area contributed by atoms with E-state index in [1.807, 2.05) is 0 Å². The van der Waals surface area contributed by atoms with Crippen LogP contribution in [0.1, 0.15) is 47.5 Å². The molecule has 1 aliphatic heterocycles. The highest BCUT2D eigenvalue weighted by atomic mass is 16.6. The molecular weight excluding hydrogens is 314 g/mol. The number of nitrogens with zero attached hydrogens (tertiary/aromatic N) is 1. The molecule has 1 saturated heterocycles. The van der Waals surface area contributed by atoms with E-state index >= 15 is 0 Å². The van der Waals surface area contributed by atoms with E-state index in [9.17, 15) is 14.4 Å². The zero-order valence-corrected chi connectivity index (χ0v) is 15.1. The highest BCUT2D eigenvalue weighted by Crippen LogP contribution is 2.23. The maximum absolute atomic E-state index is 12.1. The molecule has 0 saturated carbocycles. The van der Waals surface area contributed by atoms with Gasteiger partial charge in [0, 0.05) is 13.1 Å². The standard InChI is InChI=1S/C17H27NO6/c1-6-22-14(19)13(15(20)23-7-2)12-8-10-18(11-9-12)16(21)24-17(3,4)5/h6-11H2,1-5H3. The summed E-state index contributed by atoms with van der Waals surface area (Å²) in [6.45, 7) is 9.89. The van der Waals surface area contributed by atoms with Crippen LogP contribution in [-0.4, -0.2) is 54.8 Å². The maximum atomic E-state index is 12.1. The molecule has 1 heterocycles. The van der Waals surface area contributed by atoms with Gasteiger partial charge in [0.25, 0.3) is 0 Å². The van der Waals surface area contributed by atoms with Gasteiger partial charge in [-0.15, -0.1) is 0 Å². The second-order valence-corrected chi connectivity index (χ2v) is 6.39. The number of piperidine rings is 1. The Kier molecular flexibility index (Phi) is 7.25. The Hall–Kier alpha value is -2.05. The molecule has 1 rings (SSSR count). The third-order valence-electron chi connectivity index (χ3n) is 3.33. The molecule has 1 aliphatic rings. The van der Waals surface area contributed by atoms with E-state index in [2.05, 4.69) is 0 Å². The number of carbonyl (C=O) groups excluding carboxylic acids is 3. The van der Waals surface area contributed by atoms with Crippen molar-refractivity contribution < 1.29 is 28.6 Å². The molecule has 0 unspecified atom stereocenters. The number of hydrogen-bond acceptors (Lipinski definition) is 6. The highest BCUT2D eigenvalue weighted by Gasteiger charge is 2.30. The number of hydrogen-bond donors (Lipinski definition) is 0. The van der Waals surface area contributed by atoms with Crippen molar-refractivity contribution in [1.29, 1.82) is 0 Å². The summed E-state index contributed by atoms with van der Waals surface area (Å²) in [5.74, 6) is -1.34. The Morgan fingerprint density at radius 1 is 0.958 bits per heavy atom. The molecule has 0 N–H and O–H groups in total. The average Bonchev–Trinajstić information content (AvgIpc) is 2.47. The van der Waals surface area contributed by atoms with E-state index in [0.29, 0.717) is 31.5 Å². The summed E-state index contributed by atoms with van der Waals surface area (Å²) in [5, 5.41) is 0. The van der Waals surface area contributed by atoms with Crippen molar-refractivity contribution in [2.24, 2.45) is 0 Å². The van der Waals surface area contributed by atoms with Crippen LogP contribution in [0.5, 0.6) is 0 Å². The Labute approximate surface area is 142 Å². The van der Waals surface area contributed by atoms with Gasteiger partial charge in [-0.2, -0.15) is 0 Å². The molecule has 0 aromatic rings. The fourth-order valence-corrected chi connectivity index (χ4v) is 2.31. The fraction of sp³-hybridized carbons (Fsp3) is 0.706. The van der Waals surface area contributed by atoms with E-state index in [0.717, 1.165) is 0 Å². The molecule has 0 aromatic carbocycles. The predicted octanol–water partition coefficient (Wildman–Crippen LogP) is 2.44. The minimum Gasteiger partial charge on any atom is -0.462 e. The molecule has 7 heteroatoms. The lowest BCUT2D eigenvalue weighted by Crippen LogP contribution is -2.41. The molecule has 0 aliphatic carbocycles. The summed E-state index contributed by atoms with van der Waals surface area (Å²) < 4.78 is 15.3. The largest absolute Gasteiger partial charge is 0.462 e. The molecule has 0 spiro atoms. The fourth-order valence-electron chi connectivity index (χ4n) is 2.31. The average molecular weight is 341 g/mol. The van der Waals surface area contributed by atoms with Gasteiger partial charge < -0.3 is 19.1 Å². The topological polar surface area (TPSA) is 82.1 Å². The molecule has 0 aromatic heterocycles. The lowest BCUT2D eigenvalue weighted by molar-refractivity contribution is -0.146. The van der Waals surface area contributed by atoms with Crippen LogP contribution in [0, 0.1) is 0 Å². The lowest BCUT2D eigenvalue weighted by atomic mass is 9.98. The second kappa shape index (κ2) is 8.70. The first-order chi connectivity index (χ1) is 11.2. The molecule has 136 valence electrons. The van der Waals surface area contributed by atoms with Crippen LogP contribution < -0.4 is 0 Å². The van der Waals surface area contributed by atoms with Gasteiger partial charge in [0.1, 0.15) is 11.2 Å². The van der Waals surface area contributed by atoms with E-state index in [1.165, 1.54) is 0 Å². The Morgan fingerprint density at radius 3 is 1.79 bits per heavy atom. The zero-order valence-electron chi connectivity index (χ0n) is 15.1. The molecule has 0 bridgehead atoms. The summed E-state index contributed by atoms with van der Waals surface area (Å²) in [6.07, 6.45) is 0.425. The third-order valence-corrected chi connectivity index (χ3v) is 3.33. The summed E-state index contributed by atoms with van der Waals surface area (Å²) in [6, 6.07) is 0. The Balaban J connectivity index is 2.85. The number of amides is 1. The van der Waals surface area contributed by atoms with Crippen molar-refractivity contribution in [2.75, 3.05) is 26.3 Å². The van der Waals surface area contributed by atoms with Gasteiger partial charge in [0.2, 0.25) is 0 Å². The summed E-state index contributed by atoms with van der Waals surface area (Å²) in [5.41, 5.74) is 0.0584. The van der Waals surface area contributed by atoms with Gasteiger partial charge in [0.05, 0.1) is 13.2 Å². The van der Waals surface area contributed by atoms with Crippen LogP contribution in [-0.2, 0) is 23.8 Å². The van der Waals surface area contributed by atoms with Crippen molar-refractivity contribution >= 4 is 18.0 Å². The molecule has 24 heavy (non-hydrogen) atoms. The van der Waals surface area contributed by atoms with E-state index in [1.54, 1.807) is 39.5 Å². The van der Waals surface area contributed by atoms with E-state index < -0.39 is 23.6 Å². The Morgan fingerprint density at radius 2 is 1.42 bits per heavy atom. The smallest absolute Gasteiger partial charge is 0.410 e. The molecule has 1 fully saturated rings. The first kappa shape index (κ1) is 20.0. The summed E-state index contributed by atoms with van der Waals surface area (Å²) >= 11 is 0. The van der Waals surface area contributed by atoms with Gasteiger partial charge in [-0.3, -0.25) is 0 Å². The first-order valence-electron chi connectivity index (χ1n) is 8.23. The van der Waals surface area contributed by atoms with Crippen molar-refractivity contribution in [3.05, 3.63) is 11.1 Å². The van der Waals surface area contributed by atoms with Crippen LogP contribution >= 0.6 is 0 Å². The number of ether oxygens (including phenoxy) is 3. The van der Waals surface area contributed by atoms with E-state index in [4.69, 9.17) is 14.2 Å². The van der Waals surface area contributed by atoms with Crippen molar-refractivity contribution in [3.8, 4) is 0 Å². The van der Waals surface area contributed by atoms with Crippen LogP contribution in [0.15, 0.2) is 11.1 Å². The Bertz CT molecular complexity index is 488. The van der Waals surface area contributed by atoms with Gasteiger partial charge >= 0.3 is 18.0 Å². The van der Waals surface area contributed by atoms with Crippen molar-refractivity contribution in [3.63, 3.8) is 0 Å². The van der Waals surface area contributed by atoms with Crippen LogP contribution in [0.3, 0.4) is 0 Å². The van der Waals surface area contributed by atoms with Crippen LogP contribution in [0.4, 0.5) is 4.79 Å². The minimum atomic E-state index is -0.670. The highest BCUT2D eigenvalue weighted by molar-refractivity contribution is 6.14. The third kappa shape index (κ3) is 5.86. The number of likely N-dealkylation sites (tertiary alicyclic amines) is 1. The molecular formula is C17H27NO6. The first-order valence-corrected chi connectivity index (χ1v) is 8.23. The normalized spacial score (nSPS) is 14.9. The quantitative estimate of drug-likeness (QED) is 0.257. The van der Waals surface area contributed by atoms with Crippen LogP contribution in [0.25, 0.3) is 0 Å². The summed E-state index contributed by atoms with van der Waals surface area (Å²) in [7, 11) is 0. The van der Waals surface area contributed by atoms with Gasteiger partial charge in [-0.25, -0.2) is 14.4 Å². The van der Waals surface area contributed by atoms with Gasteiger partial charge in [0.15, 0.2) is 0 Å². The lowest BCUT2D eigenvalue weighted by Gasteiger charge is -2.31. The molecule has 0 radical (unpaired) electrons. The van der Waals surface area contributed by atoms with Gasteiger partial charge in [-0.1, -0.05) is 0 Å². The van der Waals surface area contributed by atoms with Gasteiger partial charge in [-0.05, 0) is 53.0 Å². The van der Waals surface area contributed by atoms with E-state index in [-0.39, 0.29) is 18.8 Å². The number of carbonyl (C=O) groups is 3. The number of rotatable bonds is 4. The summed E-state index contributed by atoms with van der Waals surface area (Å²) in [4.78, 5) is 37.8.